The first-order chi connectivity index (χ1) is 7.22. The number of esters is 1. The molecule has 0 unspecified atom stereocenters. The molecular weight excluding hydrogens is 208 g/mol. The summed E-state index contributed by atoms with van der Waals surface area (Å²) in [6, 6.07) is 7.53. The second-order valence-electron chi connectivity index (χ2n) is 3.42. The average Bonchev–Trinajstić information content (AvgIpc) is 2.22. The van der Waals surface area contributed by atoms with Gasteiger partial charge in [0.05, 0.1) is 13.0 Å². The topological polar surface area (TPSA) is 26.3 Å². The molecule has 0 aliphatic rings. The Balaban J connectivity index is 2.34. The smallest absolute Gasteiger partial charge is 0.310 e. The van der Waals surface area contributed by atoms with E-state index >= 15 is 0 Å². The Hall–Kier alpha value is -0.960. The lowest BCUT2D eigenvalue weighted by molar-refractivity contribution is -0.142. The van der Waals surface area contributed by atoms with Gasteiger partial charge in [0.25, 0.3) is 0 Å². The second kappa shape index (κ2) is 6.51. The van der Waals surface area contributed by atoms with E-state index < -0.39 is 0 Å². The molecule has 0 saturated carbocycles. The van der Waals surface area contributed by atoms with Gasteiger partial charge in [0, 0.05) is 4.90 Å². The maximum absolute atomic E-state index is 11.3. The van der Waals surface area contributed by atoms with Gasteiger partial charge in [-0.15, -0.1) is 12.6 Å². The lowest BCUT2D eigenvalue weighted by Crippen LogP contribution is -2.08. The van der Waals surface area contributed by atoms with Crippen molar-refractivity contribution in [2.45, 2.75) is 31.1 Å². The normalized spacial score (nSPS) is 10.0. The molecule has 0 amide bonds. The van der Waals surface area contributed by atoms with Crippen molar-refractivity contribution in [3.8, 4) is 0 Å². The minimum atomic E-state index is -0.157. The first-order valence-corrected chi connectivity index (χ1v) is 5.60. The maximum Gasteiger partial charge on any atom is 0.310 e. The molecule has 0 aliphatic heterocycles. The third kappa shape index (κ3) is 4.88. The van der Waals surface area contributed by atoms with Crippen LogP contribution in [0.2, 0.25) is 0 Å². The Morgan fingerprint density at radius 2 is 2.00 bits per heavy atom. The predicted octanol–water partition coefficient (Wildman–Crippen LogP) is 2.86. The van der Waals surface area contributed by atoms with E-state index in [2.05, 4.69) is 19.6 Å². The number of hydrogen-bond acceptors (Lipinski definition) is 3. The van der Waals surface area contributed by atoms with Crippen LogP contribution in [0.25, 0.3) is 0 Å². The molecule has 0 saturated heterocycles. The van der Waals surface area contributed by atoms with Crippen molar-refractivity contribution in [2.75, 3.05) is 6.61 Å². The molecule has 0 atom stereocenters. The standard InChI is InChI=1S/C12H16O2S/c1-2-3-8-14-12(13)9-10-4-6-11(15)7-5-10/h4-7,15H,2-3,8-9H2,1H3. The summed E-state index contributed by atoms with van der Waals surface area (Å²) >= 11 is 4.18. The number of unbranched alkanes of at least 4 members (excludes halogenated alkanes) is 1. The van der Waals surface area contributed by atoms with Gasteiger partial charge in [-0.3, -0.25) is 4.79 Å². The summed E-state index contributed by atoms with van der Waals surface area (Å²) in [5, 5.41) is 0. The Morgan fingerprint density at radius 3 is 2.60 bits per heavy atom. The lowest BCUT2D eigenvalue weighted by Gasteiger charge is -2.03. The quantitative estimate of drug-likeness (QED) is 0.473. The van der Waals surface area contributed by atoms with Crippen LogP contribution >= 0.6 is 12.6 Å². The van der Waals surface area contributed by atoms with Gasteiger partial charge in [-0.05, 0) is 24.1 Å². The van der Waals surface area contributed by atoms with Gasteiger partial charge in [0.2, 0.25) is 0 Å². The molecule has 0 heterocycles. The molecule has 3 heteroatoms. The first-order valence-electron chi connectivity index (χ1n) is 5.16. The molecule has 1 aromatic rings. The van der Waals surface area contributed by atoms with Crippen LogP contribution in [0.4, 0.5) is 0 Å². The van der Waals surface area contributed by atoms with Crippen LogP contribution in [0.5, 0.6) is 0 Å². The van der Waals surface area contributed by atoms with Gasteiger partial charge in [-0.25, -0.2) is 0 Å². The van der Waals surface area contributed by atoms with E-state index in [4.69, 9.17) is 4.74 Å². The number of hydrogen-bond donors (Lipinski definition) is 1. The summed E-state index contributed by atoms with van der Waals surface area (Å²) in [5.41, 5.74) is 0.967. The van der Waals surface area contributed by atoms with Gasteiger partial charge in [0.15, 0.2) is 0 Å². The summed E-state index contributed by atoms with van der Waals surface area (Å²) in [7, 11) is 0. The molecule has 0 spiro atoms. The highest BCUT2D eigenvalue weighted by molar-refractivity contribution is 7.80. The fraction of sp³-hybridized carbons (Fsp3) is 0.417. The third-order valence-corrected chi connectivity index (χ3v) is 2.34. The molecule has 0 radical (unpaired) electrons. The van der Waals surface area contributed by atoms with E-state index in [9.17, 15) is 4.79 Å². The Morgan fingerprint density at radius 1 is 1.33 bits per heavy atom. The lowest BCUT2D eigenvalue weighted by atomic mass is 10.1. The molecule has 0 aromatic heterocycles. The van der Waals surface area contributed by atoms with E-state index in [1.165, 1.54) is 0 Å². The molecule has 1 aromatic carbocycles. The van der Waals surface area contributed by atoms with Crippen molar-refractivity contribution in [3.63, 3.8) is 0 Å². The molecule has 82 valence electrons. The monoisotopic (exact) mass is 224 g/mol. The summed E-state index contributed by atoms with van der Waals surface area (Å²) < 4.78 is 5.06. The fourth-order valence-corrected chi connectivity index (χ4v) is 1.31. The number of benzene rings is 1. The van der Waals surface area contributed by atoms with E-state index in [0.29, 0.717) is 13.0 Å². The van der Waals surface area contributed by atoms with Crippen molar-refractivity contribution >= 4 is 18.6 Å². The van der Waals surface area contributed by atoms with Crippen LogP contribution in [0, 0.1) is 0 Å². The first kappa shape index (κ1) is 12.1. The van der Waals surface area contributed by atoms with Crippen molar-refractivity contribution in [1.29, 1.82) is 0 Å². The van der Waals surface area contributed by atoms with Gasteiger partial charge in [-0.1, -0.05) is 25.5 Å². The number of thiol groups is 1. The number of carbonyl (C=O) groups excluding carboxylic acids is 1. The summed E-state index contributed by atoms with van der Waals surface area (Å²) in [6.07, 6.45) is 2.32. The van der Waals surface area contributed by atoms with E-state index in [1.807, 2.05) is 24.3 Å². The third-order valence-electron chi connectivity index (χ3n) is 2.05. The zero-order chi connectivity index (χ0) is 11.1. The molecule has 0 bridgehead atoms. The highest BCUT2D eigenvalue weighted by Gasteiger charge is 2.03. The van der Waals surface area contributed by atoms with Crippen LogP contribution in [-0.4, -0.2) is 12.6 Å². The van der Waals surface area contributed by atoms with Crippen molar-refractivity contribution in [2.24, 2.45) is 0 Å². The average molecular weight is 224 g/mol. The number of carbonyl (C=O) groups is 1. The SMILES string of the molecule is CCCCOC(=O)Cc1ccc(S)cc1. The van der Waals surface area contributed by atoms with Crippen molar-refractivity contribution in [3.05, 3.63) is 29.8 Å². The molecule has 2 nitrogen and oxygen atoms in total. The fourth-order valence-electron chi connectivity index (χ4n) is 1.16. The van der Waals surface area contributed by atoms with Gasteiger partial charge in [0.1, 0.15) is 0 Å². The predicted molar refractivity (Wildman–Crippen MR) is 63.3 cm³/mol. The zero-order valence-electron chi connectivity index (χ0n) is 8.90. The number of ether oxygens (including phenoxy) is 1. The van der Waals surface area contributed by atoms with Crippen LogP contribution in [-0.2, 0) is 16.0 Å². The molecule has 0 aliphatic carbocycles. The zero-order valence-corrected chi connectivity index (χ0v) is 9.80. The molecule has 0 fully saturated rings. The largest absolute Gasteiger partial charge is 0.465 e. The van der Waals surface area contributed by atoms with Gasteiger partial charge in [-0.2, -0.15) is 0 Å². The Bertz CT molecular complexity index is 306. The Labute approximate surface area is 96.1 Å². The molecule has 1 rings (SSSR count). The van der Waals surface area contributed by atoms with Crippen LogP contribution in [0.1, 0.15) is 25.3 Å². The van der Waals surface area contributed by atoms with Gasteiger partial charge >= 0.3 is 5.97 Å². The molecular formula is C12H16O2S. The Kier molecular flexibility index (Phi) is 5.26. The second-order valence-corrected chi connectivity index (χ2v) is 3.93. The highest BCUT2D eigenvalue weighted by atomic mass is 32.1. The molecule has 0 N–H and O–H groups in total. The van der Waals surface area contributed by atoms with Crippen molar-refractivity contribution < 1.29 is 9.53 Å². The minimum absolute atomic E-state index is 0.157. The van der Waals surface area contributed by atoms with E-state index in [0.717, 1.165) is 23.3 Å². The van der Waals surface area contributed by atoms with Gasteiger partial charge < -0.3 is 4.74 Å². The van der Waals surface area contributed by atoms with E-state index in [-0.39, 0.29) is 5.97 Å². The summed E-state index contributed by atoms with van der Waals surface area (Å²) in [5.74, 6) is -0.157. The van der Waals surface area contributed by atoms with Crippen molar-refractivity contribution in [1.82, 2.24) is 0 Å². The van der Waals surface area contributed by atoms with Crippen LogP contribution in [0.15, 0.2) is 29.2 Å². The maximum atomic E-state index is 11.3. The van der Waals surface area contributed by atoms with Crippen LogP contribution < -0.4 is 0 Å². The summed E-state index contributed by atoms with van der Waals surface area (Å²) in [6.45, 7) is 2.60. The number of rotatable bonds is 5. The minimum Gasteiger partial charge on any atom is -0.465 e. The summed E-state index contributed by atoms with van der Waals surface area (Å²) in [4.78, 5) is 12.2. The van der Waals surface area contributed by atoms with Crippen LogP contribution in [0.3, 0.4) is 0 Å². The molecule has 15 heavy (non-hydrogen) atoms. The highest BCUT2D eigenvalue weighted by Crippen LogP contribution is 2.08. The van der Waals surface area contributed by atoms with E-state index in [1.54, 1.807) is 0 Å².